The molecule has 1 fully saturated rings. The van der Waals surface area contributed by atoms with Crippen molar-refractivity contribution in [1.29, 1.82) is 0 Å². The summed E-state index contributed by atoms with van der Waals surface area (Å²) in [5.74, 6) is 0.765. The highest BCUT2D eigenvalue weighted by atomic mass is 16.5. The van der Waals surface area contributed by atoms with Crippen molar-refractivity contribution in [3.05, 3.63) is 96.1 Å². The summed E-state index contributed by atoms with van der Waals surface area (Å²) in [6.07, 6.45) is 1.90. The minimum Gasteiger partial charge on any atom is -0.497 e. The Morgan fingerprint density at radius 1 is 0.972 bits per heavy atom. The van der Waals surface area contributed by atoms with Crippen molar-refractivity contribution in [3.8, 4) is 11.5 Å². The van der Waals surface area contributed by atoms with E-state index in [-0.39, 0.29) is 31.1 Å². The number of nitrogens with zero attached hydrogens (tertiary/aromatic N) is 1. The second-order valence-corrected chi connectivity index (χ2v) is 8.66. The van der Waals surface area contributed by atoms with Gasteiger partial charge in [0, 0.05) is 19.7 Å². The maximum atomic E-state index is 13.6. The van der Waals surface area contributed by atoms with E-state index in [0.29, 0.717) is 18.9 Å². The third kappa shape index (κ3) is 6.86. The van der Waals surface area contributed by atoms with Gasteiger partial charge >= 0.3 is 0 Å². The first-order valence-electron chi connectivity index (χ1n) is 12.2. The second kappa shape index (κ2) is 12.7. The lowest BCUT2D eigenvalue weighted by Gasteiger charge is -2.32. The Labute approximate surface area is 212 Å². The van der Waals surface area contributed by atoms with Crippen LogP contribution in [-0.2, 0) is 20.9 Å². The average molecular weight is 489 g/mol. The van der Waals surface area contributed by atoms with Crippen LogP contribution in [-0.4, -0.2) is 49.7 Å². The molecule has 0 aliphatic carbocycles. The molecule has 36 heavy (non-hydrogen) atoms. The average Bonchev–Trinajstić information content (AvgIpc) is 3.45. The largest absolute Gasteiger partial charge is 0.497 e. The molecule has 0 spiro atoms. The quantitative estimate of drug-likeness (QED) is 0.439. The maximum Gasteiger partial charge on any atom is 0.261 e. The fourth-order valence-electron chi connectivity index (χ4n) is 4.22. The number of hydrogen-bond acceptors (Lipinski definition) is 5. The molecule has 0 radical (unpaired) electrons. The first kappa shape index (κ1) is 25.3. The molecule has 1 aliphatic rings. The fourth-order valence-corrected chi connectivity index (χ4v) is 4.22. The molecule has 1 heterocycles. The van der Waals surface area contributed by atoms with Crippen molar-refractivity contribution in [2.45, 2.75) is 31.5 Å². The van der Waals surface area contributed by atoms with E-state index in [1.54, 1.807) is 24.1 Å². The van der Waals surface area contributed by atoms with Crippen LogP contribution in [0.2, 0.25) is 0 Å². The van der Waals surface area contributed by atoms with Crippen molar-refractivity contribution in [3.63, 3.8) is 0 Å². The summed E-state index contributed by atoms with van der Waals surface area (Å²) in [5, 5.41) is 3.02. The van der Waals surface area contributed by atoms with E-state index in [4.69, 9.17) is 14.2 Å². The molecule has 7 heteroatoms. The van der Waals surface area contributed by atoms with Gasteiger partial charge in [0.2, 0.25) is 5.91 Å². The molecule has 0 unspecified atom stereocenters. The van der Waals surface area contributed by atoms with E-state index in [9.17, 15) is 9.59 Å². The van der Waals surface area contributed by atoms with Crippen LogP contribution in [0.4, 0.5) is 0 Å². The number of hydrogen-bond donors (Lipinski definition) is 1. The number of methoxy groups -OCH3 is 1. The Hall–Kier alpha value is -3.84. The van der Waals surface area contributed by atoms with Crippen LogP contribution in [0.25, 0.3) is 0 Å². The fraction of sp³-hybridized carbons (Fsp3) is 0.310. The number of benzene rings is 3. The molecule has 2 amide bonds. The lowest BCUT2D eigenvalue weighted by Crippen LogP contribution is -2.46. The monoisotopic (exact) mass is 488 g/mol. The highest BCUT2D eigenvalue weighted by molar-refractivity contribution is 5.89. The molecule has 2 atom stereocenters. The van der Waals surface area contributed by atoms with Crippen LogP contribution < -0.4 is 14.8 Å². The lowest BCUT2D eigenvalue weighted by molar-refractivity contribution is -0.143. The molecular weight excluding hydrogens is 456 g/mol. The van der Waals surface area contributed by atoms with Gasteiger partial charge in [0.15, 0.2) is 6.61 Å². The van der Waals surface area contributed by atoms with E-state index in [1.807, 2.05) is 72.8 Å². The van der Waals surface area contributed by atoms with Gasteiger partial charge < -0.3 is 24.4 Å². The number of ether oxygens (including phenoxy) is 3. The first-order valence-corrected chi connectivity index (χ1v) is 12.2. The van der Waals surface area contributed by atoms with Crippen molar-refractivity contribution in [2.75, 3.05) is 26.9 Å². The molecule has 0 bridgehead atoms. The Balaban J connectivity index is 1.60. The zero-order chi connectivity index (χ0) is 25.2. The third-order valence-corrected chi connectivity index (χ3v) is 6.14. The minimum absolute atomic E-state index is 0.00229. The number of nitrogens with one attached hydrogen (secondary N) is 1. The molecule has 0 aromatic heterocycles. The summed E-state index contributed by atoms with van der Waals surface area (Å²) >= 11 is 0. The van der Waals surface area contributed by atoms with Crippen molar-refractivity contribution < 1.29 is 23.8 Å². The summed E-state index contributed by atoms with van der Waals surface area (Å²) in [6.45, 7) is 1.16. The zero-order valence-corrected chi connectivity index (χ0v) is 20.5. The van der Waals surface area contributed by atoms with Gasteiger partial charge in [0.1, 0.15) is 17.5 Å². The number of para-hydroxylation sites is 1. The topological polar surface area (TPSA) is 77.1 Å². The van der Waals surface area contributed by atoms with Crippen LogP contribution in [0.5, 0.6) is 11.5 Å². The molecule has 7 nitrogen and oxygen atoms in total. The van der Waals surface area contributed by atoms with Gasteiger partial charge in [0.05, 0.1) is 13.2 Å². The number of rotatable bonds is 11. The number of carbonyl (C=O) groups is 2. The second-order valence-electron chi connectivity index (χ2n) is 8.66. The lowest BCUT2D eigenvalue weighted by atomic mass is 10.0. The predicted octanol–water partition coefficient (Wildman–Crippen LogP) is 4.14. The molecule has 188 valence electrons. The van der Waals surface area contributed by atoms with Crippen LogP contribution in [0, 0.1) is 0 Å². The standard InChI is InChI=1S/C29H32N2O5/c1-34-24-16-14-22(15-17-24)20-31(27(32)21-36-25-11-6-3-7-12-25)28(23-9-4-2-5-10-23)29(33)30-19-26-13-8-18-35-26/h2-7,9-12,14-17,26,28H,8,13,18-21H2,1H3,(H,30,33)/t26-,28+/m0/s1. The first-order chi connectivity index (χ1) is 17.6. The summed E-state index contributed by atoms with van der Waals surface area (Å²) in [5.41, 5.74) is 1.60. The van der Waals surface area contributed by atoms with Crippen molar-refractivity contribution in [2.24, 2.45) is 0 Å². The van der Waals surface area contributed by atoms with Gasteiger partial charge in [-0.15, -0.1) is 0 Å². The van der Waals surface area contributed by atoms with E-state index >= 15 is 0 Å². The molecule has 0 saturated carbocycles. The van der Waals surface area contributed by atoms with Crippen LogP contribution in [0.15, 0.2) is 84.9 Å². The smallest absolute Gasteiger partial charge is 0.261 e. The Kier molecular flexibility index (Phi) is 8.94. The molecule has 3 aromatic rings. The summed E-state index contributed by atoms with van der Waals surface area (Å²) < 4.78 is 16.7. The van der Waals surface area contributed by atoms with E-state index in [2.05, 4.69) is 5.32 Å². The number of amides is 2. The summed E-state index contributed by atoms with van der Waals surface area (Å²) in [4.78, 5) is 28.8. The molecule has 4 rings (SSSR count). The van der Waals surface area contributed by atoms with E-state index in [0.717, 1.165) is 29.7 Å². The highest BCUT2D eigenvalue weighted by Gasteiger charge is 2.32. The van der Waals surface area contributed by atoms with Gasteiger partial charge in [-0.05, 0) is 48.2 Å². The Morgan fingerprint density at radius 2 is 1.67 bits per heavy atom. The van der Waals surface area contributed by atoms with Gasteiger partial charge in [0.25, 0.3) is 5.91 Å². The van der Waals surface area contributed by atoms with Crippen LogP contribution in [0.3, 0.4) is 0 Å². The van der Waals surface area contributed by atoms with Gasteiger partial charge in [-0.3, -0.25) is 9.59 Å². The van der Waals surface area contributed by atoms with Gasteiger partial charge in [-0.1, -0.05) is 60.7 Å². The maximum absolute atomic E-state index is 13.6. The molecule has 3 aromatic carbocycles. The normalized spacial score (nSPS) is 15.6. The van der Waals surface area contributed by atoms with Crippen LogP contribution in [0.1, 0.15) is 30.0 Å². The predicted molar refractivity (Wildman–Crippen MR) is 137 cm³/mol. The summed E-state index contributed by atoms with van der Waals surface area (Å²) in [7, 11) is 1.61. The summed E-state index contributed by atoms with van der Waals surface area (Å²) in [6, 6.07) is 25.2. The van der Waals surface area contributed by atoms with Crippen LogP contribution >= 0.6 is 0 Å². The molecule has 1 saturated heterocycles. The van der Waals surface area contributed by atoms with E-state index < -0.39 is 6.04 Å². The molecular formula is C29H32N2O5. The Bertz CT molecular complexity index is 1100. The SMILES string of the molecule is COc1ccc(CN(C(=O)COc2ccccc2)[C@@H](C(=O)NC[C@@H]2CCCO2)c2ccccc2)cc1. The zero-order valence-electron chi connectivity index (χ0n) is 20.5. The highest BCUT2D eigenvalue weighted by Crippen LogP contribution is 2.25. The minimum atomic E-state index is -0.832. The van der Waals surface area contributed by atoms with Crippen molar-refractivity contribution >= 4 is 11.8 Å². The molecule has 1 aliphatic heterocycles. The Morgan fingerprint density at radius 3 is 2.31 bits per heavy atom. The number of carbonyl (C=O) groups excluding carboxylic acids is 2. The third-order valence-electron chi connectivity index (χ3n) is 6.14. The van der Waals surface area contributed by atoms with Gasteiger partial charge in [-0.2, -0.15) is 0 Å². The van der Waals surface area contributed by atoms with Gasteiger partial charge in [-0.25, -0.2) is 0 Å². The van der Waals surface area contributed by atoms with E-state index in [1.165, 1.54) is 0 Å². The van der Waals surface area contributed by atoms with Crippen molar-refractivity contribution in [1.82, 2.24) is 10.2 Å². The molecule has 1 N–H and O–H groups in total.